The van der Waals surface area contributed by atoms with Crippen LogP contribution < -0.4 is 5.32 Å². The lowest BCUT2D eigenvalue weighted by Gasteiger charge is -2.06. The van der Waals surface area contributed by atoms with Crippen LogP contribution >= 0.6 is 11.6 Å². The van der Waals surface area contributed by atoms with Gasteiger partial charge in [0.25, 0.3) is 0 Å². The molecule has 0 saturated heterocycles. The summed E-state index contributed by atoms with van der Waals surface area (Å²) >= 11 is 5.92. The van der Waals surface area contributed by atoms with Crippen LogP contribution in [-0.4, -0.2) is 4.98 Å². The minimum absolute atomic E-state index is 0.316. The predicted molar refractivity (Wildman–Crippen MR) is 66.2 cm³/mol. The number of nitrogens with one attached hydrogen (secondary N) is 1. The molecule has 17 heavy (non-hydrogen) atoms. The Labute approximate surface area is 104 Å². The van der Waals surface area contributed by atoms with Crippen molar-refractivity contribution in [1.82, 2.24) is 10.3 Å². The average molecular weight is 251 g/mol. The molecule has 2 nitrogen and oxygen atoms in total. The first-order valence-corrected chi connectivity index (χ1v) is 5.68. The molecule has 2 aromatic rings. The van der Waals surface area contributed by atoms with Crippen LogP contribution in [0.3, 0.4) is 0 Å². The monoisotopic (exact) mass is 250 g/mol. The quantitative estimate of drug-likeness (QED) is 0.902. The zero-order valence-corrected chi connectivity index (χ0v) is 9.91. The van der Waals surface area contributed by atoms with Crippen LogP contribution in [0.25, 0.3) is 0 Å². The zero-order chi connectivity index (χ0) is 12.1. The lowest BCUT2D eigenvalue weighted by Crippen LogP contribution is -2.13. The molecule has 0 saturated carbocycles. The van der Waals surface area contributed by atoms with Crippen LogP contribution in [-0.2, 0) is 13.1 Å². The number of rotatable bonds is 4. The van der Waals surface area contributed by atoms with Crippen molar-refractivity contribution in [2.24, 2.45) is 0 Å². The van der Waals surface area contributed by atoms with E-state index in [2.05, 4.69) is 10.3 Å². The fourth-order valence-corrected chi connectivity index (χ4v) is 1.73. The standard InChI is InChI=1S/C13H12ClFN2/c14-13-7-11(15)5-4-10(13)8-16-9-12-3-1-2-6-17-12/h1-7,16H,8-9H2. The molecule has 88 valence electrons. The fraction of sp³-hybridized carbons (Fsp3) is 0.154. The van der Waals surface area contributed by atoms with Crippen molar-refractivity contribution in [2.75, 3.05) is 0 Å². The normalized spacial score (nSPS) is 10.5. The van der Waals surface area contributed by atoms with E-state index in [1.807, 2.05) is 18.2 Å². The Kier molecular flexibility index (Phi) is 4.07. The van der Waals surface area contributed by atoms with Crippen molar-refractivity contribution >= 4 is 11.6 Å². The highest BCUT2D eigenvalue weighted by molar-refractivity contribution is 6.31. The Bertz CT molecular complexity index is 488. The third kappa shape index (κ3) is 3.51. The number of hydrogen-bond donors (Lipinski definition) is 1. The summed E-state index contributed by atoms with van der Waals surface area (Å²) in [6, 6.07) is 10.2. The molecule has 1 aromatic heterocycles. The summed E-state index contributed by atoms with van der Waals surface area (Å²) in [5, 5.41) is 3.65. The fourth-order valence-electron chi connectivity index (χ4n) is 1.49. The van der Waals surface area contributed by atoms with Crippen molar-refractivity contribution in [2.45, 2.75) is 13.1 Å². The summed E-state index contributed by atoms with van der Waals surface area (Å²) in [6.45, 7) is 1.25. The van der Waals surface area contributed by atoms with Crippen molar-refractivity contribution < 1.29 is 4.39 Å². The highest BCUT2D eigenvalue weighted by Gasteiger charge is 2.01. The Morgan fingerprint density at radius 2 is 2.06 bits per heavy atom. The number of benzene rings is 1. The van der Waals surface area contributed by atoms with Gasteiger partial charge >= 0.3 is 0 Å². The van der Waals surface area contributed by atoms with Crippen LogP contribution in [0, 0.1) is 5.82 Å². The van der Waals surface area contributed by atoms with Gasteiger partial charge in [0.05, 0.1) is 5.69 Å². The lowest BCUT2D eigenvalue weighted by molar-refractivity contribution is 0.624. The van der Waals surface area contributed by atoms with Gasteiger partial charge in [-0.3, -0.25) is 4.98 Å². The van der Waals surface area contributed by atoms with Crippen LogP contribution in [0.15, 0.2) is 42.6 Å². The van der Waals surface area contributed by atoms with Gasteiger partial charge in [0.2, 0.25) is 0 Å². The summed E-state index contributed by atoms with van der Waals surface area (Å²) in [5.41, 5.74) is 1.84. The van der Waals surface area contributed by atoms with E-state index in [9.17, 15) is 4.39 Å². The second kappa shape index (κ2) is 5.75. The van der Waals surface area contributed by atoms with Gasteiger partial charge in [-0.2, -0.15) is 0 Å². The van der Waals surface area contributed by atoms with Crippen molar-refractivity contribution in [1.29, 1.82) is 0 Å². The van der Waals surface area contributed by atoms with Gasteiger partial charge in [-0.25, -0.2) is 4.39 Å². The van der Waals surface area contributed by atoms with Gasteiger partial charge in [0.15, 0.2) is 0 Å². The molecule has 0 aliphatic carbocycles. The third-order valence-electron chi connectivity index (χ3n) is 2.36. The van der Waals surface area contributed by atoms with Gasteiger partial charge in [0.1, 0.15) is 5.82 Å². The van der Waals surface area contributed by atoms with Gasteiger partial charge < -0.3 is 5.32 Å². The van der Waals surface area contributed by atoms with E-state index < -0.39 is 0 Å². The SMILES string of the molecule is Fc1ccc(CNCc2ccccn2)c(Cl)c1. The molecular formula is C13H12ClFN2. The highest BCUT2D eigenvalue weighted by Crippen LogP contribution is 2.16. The Morgan fingerprint density at radius 1 is 1.18 bits per heavy atom. The summed E-state index contributed by atoms with van der Waals surface area (Å²) in [6.07, 6.45) is 1.75. The molecule has 0 amide bonds. The second-order valence-corrected chi connectivity index (χ2v) is 4.07. The van der Waals surface area contributed by atoms with Crippen molar-refractivity contribution in [3.63, 3.8) is 0 Å². The van der Waals surface area contributed by atoms with E-state index in [1.165, 1.54) is 12.1 Å². The maximum atomic E-state index is 12.8. The number of aromatic nitrogens is 1. The van der Waals surface area contributed by atoms with Gasteiger partial charge in [-0.1, -0.05) is 23.7 Å². The summed E-state index contributed by atoms with van der Waals surface area (Å²) in [5.74, 6) is -0.316. The molecule has 0 aliphatic rings. The Morgan fingerprint density at radius 3 is 2.76 bits per heavy atom. The van der Waals surface area contributed by atoms with Crippen LogP contribution in [0.2, 0.25) is 5.02 Å². The van der Waals surface area contributed by atoms with Crippen molar-refractivity contribution in [3.05, 3.63) is 64.7 Å². The Hall–Kier alpha value is -1.45. The average Bonchev–Trinajstić information content (AvgIpc) is 2.33. The van der Waals surface area contributed by atoms with Crippen LogP contribution in [0.1, 0.15) is 11.3 Å². The first kappa shape index (κ1) is 12.0. The van der Waals surface area contributed by atoms with Gasteiger partial charge in [-0.05, 0) is 29.8 Å². The van der Waals surface area contributed by atoms with Crippen LogP contribution in [0.4, 0.5) is 4.39 Å². The topological polar surface area (TPSA) is 24.9 Å². The minimum Gasteiger partial charge on any atom is -0.307 e. The molecule has 0 radical (unpaired) electrons. The molecule has 1 aromatic carbocycles. The maximum absolute atomic E-state index is 12.8. The zero-order valence-electron chi connectivity index (χ0n) is 9.16. The molecule has 4 heteroatoms. The highest BCUT2D eigenvalue weighted by atomic mass is 35.5. The molecule has 1 heterocycles. The molecule has 0 aliphatic heterocycles. The smallest absolute Gasteiger partial charge is 0.124 e. The Balaban J connectivity index is 1.90. The molecule has 0 bridgehead atoms. The van der Waals surface area contributed by atoms with E-state index in [4.69, 9.17) is 11.6 Å². The number of halogens is 2. The molecule has 0 spiro atoms. The summed E-state index contributed by atoms with van der Waals surface area (Å²) < 4.78 is 12.8. The van der Waals surface area contributed by atoms with E-state index in [1.54, 1.807) is 12.3 Å². The summed E-state index contributed by atoms with van der Waals surface area (Å²) in [4.78, 5) is 4.19. The van der Waals surface area contributed by atoms with E-state index >= 15 is 0 Å². The second-order valence-electron chi connectivity index (χ2n) is 3.66. The molecule has 1 N–H and O–H groups in total. The first-order valence-electron chi connectivity index (χ1n) is 5.30. The van der Waals surface area contributed by atoms with E-state index in [0.717, 1.165) is 11.3 Å². The summed E-state index contributed by atoms with van der Waals surface area (Å²) in [7, 11) is 0. The molecule has 0 atom stereocenters. The number of hydrogen-bond acceptors (Lipinski definition) is 2. The van der Waals surface area contributed by atoms with Gasteiger partial charge in [0, 0.05) is 24.3 Å². The predicted octanol–water partition coefficient (Wildman–Crippen LogP) is 3.16. The third-order valence-corrected chi connectivity index (χ3v) is 2.71. The number of nitrogens with zero attached hydrogens (tertiary/aromatic N) is 1. The van der Waals surface area contributed by atoms with Crippen LogP contribution in [0.5, 0.6) is 0 Å². The maximum Gasteiger partial charge on any atom is 0.124 e. The molecule has 0 unspecified atom stereocenters. The van der Waals surface area contributed by atoms with Gasteiger partial charge in [-0.15, -0.1) is 0 Å². The molecular weight excluding hydrogens is 239 g/mol. The largest absolute Gasteiger partial charge is 0.307 e. The molecule has 0 fully saturated rings. The van der Waals surface area contributed by atoms with E-state index in [-0.39, 0.29) is 5.82 Å². The van der Waals surface area contributed by atoms with E-state index in [0.29, 0.717) is 18.1 Å². The number of pyridine rings is 1. The lowest BCUT2D eigenvalue weighted by atomic mass is 10.2. The van der Waals surface area contributed by atoms with Crippen molar-refractivity contribution in [3.8, 4) is 0 Å². The molecule has 2 rings (SSSR count). The first-order chi connectivity index (χ1) is 8.25. The minimum atomic E-state index is -0.316.